The number of amides is 1. The van der Waals surface area contributed by atoms with Crippen LogP contribution in [0.25, 0.3) is 0 Å². The van der Waals surface area contributed by atoms with Crippen molar-refractivity contribution in [3.63, 3.8) is 0 Å². The molecule has 0 radical (unpaired) electrons. The number of carboxylic acid groups (broad SMARTS) is 1. The van der Waals surface area contributed by atoms with E-state index in [2.05, 4.69) is 5.32 Å². The van der Waals surface area contributed by atoms with E-state index >= 15 is 0 Å². The van der Waals surface area contributed by atoms with Gasteiger partial charge in [-0.2, -0.15) is 0 Å². The van der Waals surface area contributed by atoms with Crippen molar-refractivity contribution in [2.45, 2.75) is 45.4 Å². The lowest BCUT2D eigenvalue weighted by atomic mass is 10.0. The number of benzene rings is 2. The van der Waals surface area contributed by atoms with Gasteiger partial charge in [0.2, 0.25) is 6.79 Å². The van der Waals surface area contributed by atoms with Gasteiger partial charge in [0.05, 0.1) is 7.11 Å². The Labute approximate surface area is 186 Å². The molecule has 0 fully saturated rings. The SMILES string of the molecule is COc1ccc(CC(NC(=O)OC(C)(C)C)C(=O)O)cc1COc1ccc2c(c1)OCO2. The molecule has 0 bridgehead atoms. The zero-order valence-electron chi connectivity index (χ0n) is 18.5. The van der Waals surface area contributed by atoms with Gasteiger partial charge in [-0.3, -0.25) is 0 Å². The summed E-state index contributed by atoms with van der Waals surface area (Å²) >= 11 is 0. The Morgan fingerprint density at radius 3 is 2.56 bits per heavy atom. The molecule has 0 aliphatic carbocycles. The highest BCUT2D eigenvalue weighted by atomic mass is 16.7. The molecule has 3 rings (SSSR count). The Bertz CT molecular complexity index is 982. The molecule has 1 aliphatic heterocycles. The molecule has 1 aliphatic rings. The minimum Gasteiger partial charge on any atom is -0.496 e. The summed E-state index contributed by atoms with van der Waals surface area (Å²) in [5.74, 6) is 1.30. The molecular weight excluding hydrogens is 418 g/mol. The van der Waals surface area contributed by atoms with Gasteiger partial charge in [0, 0.05) is 18.1 Å². The van der Waals surface area contributed by atoms with E-state index < -0.39 is 23.7 Å². The number of methoxy groups -OCH3 is 1. The number of hydrogen-bond acceptors (Lipinski definition) is 7. The van der Waals surface area contributed by atoms with Crippen LogP contribution in [0.1, 0.15) is 31.9 Å². The Balaban J connectivity index is 1.70. The molecule has 0 aromatic heterocycles. The van der Waals surface area contributed by atoms with Crippen LogP contribution in [0.2, 0.25) is 0 Å². The number of fused-ring (bicyclic) bond motifs is 1. The average molecular weight is 445 g/mol. The lowest BCUT2D eigenvalue weighted by Crippen LogP contribution is -2.44. The number of carbonyl (C=O) groups is 2. The molecule has 1 atom stereocenters. The Hall–Kier alpha value is -3.62. The third-order valence-corrected chi connectivity index (χ3v) is 4.51. The van der Waals surface area contributed by atoms with Crippen LogP contribution in [-0.4, -0.2) is 42.7 Å². The van der Waals surface area contributed by atoms with Gasteiger partial charge in [-0.1, -0.05) is 6.07 Å². The first kappa shape index (κ1) is 23.1. The second-order valence-corrected chi connectivity index (χ2v) is 8.19. The third-order valence-electron chi connectivity index (χ3n) is 4.51. The third kappa shape index (κ3) is 6.19. The molecule has 2 aromatic rings. The molecular formula is C23H27NO8. The van der Waals surface area contributed by atoms with Crippen LogP contribution in [0.5, 0.6) is 23.0 Å². The minimum absolute atomic E-state index is 0.0651. The summed E-state index contributed by atoms with van der Waals surface area (Å²) < 4.78 is 27.1. The van der Waals surface area contributed by atoms with Gasteiger partial charge < -0.3 is 34.1 Å². The zero-order chi connectivity index (χ0) is 23.3. The van der Waals surface area contributed by atoms with Gasteiger partial charge in [0.15, 0.2) is 11.5 Å². The van der Waals surface area contributed by atoms with Crippen LogP contribution < -0.4 is 24.3 Å². The van der Waals surface area contributed by atoms with Gasteiger partial charge in [-0.25, -0.2) is 9.59 Å². The number of carboxylic acids is 1. The second-order valence-electron chi connectivity index (χ2n) is 8.19. The number of carbonyl (C=O) groups excluding carboxylic acids is 1. The zero-order valence-corrected chi connectivity index (χ0v) is 18.5. The first-order valence-electron chi connectivity index (χ1n) is 10.0. The first-order valence-corrected chi connectivity index (χ1v) is 10.0. The number of ether oxygens (including phenoxy) is 5. The fourth-order valence-electron chi connectivity index (χ4n) is 3.09. The lowest BCUT2D eigenvalue weighted by Gasteiger charge is -2.22. The van der Waals surface area contributed by atoms with Crippen LogP contribution in [0.3, 0.4) is 0 Å². The lowest BCUT2D eigenvalue weighted by molar-refractivity contribution is -0.139. The van der Waals surface area contributed by atoms with Crippen LogP contribution >= 0.6 is 0 Å². The molecule has 0 spiro atoms. The maximum absolute atomic E-state index is 12.0. The van der Waals surface area contributed by atoms with Gasteiger partial charge in [-0.05, 0) is 50.6 Å². The Kier molecular flexibility index (Phi) is 6.97. The summed E-state index contributed by atoms with van der Waals surface area (Å²) in [5, 5.41) is 11.9. The van der Waals surface area contributed by atoms with Crippen molar-refractivity contribution in [1.29, 1.82) is 0 Å². The van der Waals surface area contributed by atoms with E-state index in [1.807, 2.05) is 0 Å². The van der Waals surface area contributed by atoms with Crippen LogP contribution in [0.15, 0.2) is 36.4 Å². The molecule has 2 N–H and O–H groups in total. The number of hydrogen-bond donors (Lipinski definition) is 2. The Morgan fingerprint density at radius 2 is 1.88 bits per heavy atom. The molecule has 2 aromatic carbocycles. The highest BCUT2D eigenvalue weighted by molar-refractivity contribution is 5.80. The topological polar surface area (TPSA) is 113 Å². The van der Waals surface area contributed by atoms with E-state index in [1.165, 1.54) is 0 Å². The molecule has 1 amide bonds. The summed E-state index contributed by atoms with van der Waals surface area (Å²) in [5.41, 5.74) is 0.689. The van der Waals surface area contributed by atoms with E-state index in [1.54, 1.807) is 64.3 Å². The van der Waals surface area contributed by atoms with E-state index in [0.717, 1.165) is 5.56 Å². The van der Waals surface area contributed by atoms with E-state index in [9.17, 15) is 14.7 Å². The number of aliphatic carboxylic acids is 1. The molecule has 1 heterocycles. The first-order chi connectivity index (χ1) is 15.1. The fourth-order valence-corrected chi connectivity index (χ4v) is 3.09. The van der Waals surface area contributed by atoms with Gasteiger partial charge in [-0.15, -0.1) is 0 Å². The molecule has 0 saturated heterocycles. The normalized spacial score (nSPS) is 13.2. The highest BCUT2D eigenvalue weighted by Crippen LogP contribution is 2.35. The average Bonchev–Trinajstić information content (AvgIpc) is 3.18. The number of rotatable bonds is 8. The number of alkyl carbamates (subject to hydrolysis) is 1. The summed E-state index contributed by atoms with van der Waals surface area (Å²) in [6.45, 7) is 5.49. The molecule has 1 unspecified atom stereocenters. The van der Waals surface area contributed by atoms with Crippen molar-refractivity contribution < 1.29 is 38.4 Å². The molecule has 9 heteroatoms. The monoisotopic (exact) mass is 445 g/mol. The maximum atomic E-state index is 12.0. The van der Waals surface area contributed by atoms with E-state index in [4.69, 9.17) is 23.7 Å². The quantitative estimate of drug-likeness (QED) is 0.635. The van der Waals surface area contributed by atoms with Gasteiger partial charge in [0.25, 0.3) is 0 Å². The predicted molar refractivity (Wildman–Crippen MR) is 114 cm³/mol. The van der Waals surface area contributed by atoms with E-state index in [0.29, 0.717) is 28.6 Å². The summed E-state index contributed by atoms with van der Waals surface area (Å²) in [6, 6.07) is 9.40. The van der Waals surface area contributed by atoms with Crippen molar-refractivity contribution in [2.75, 3.05) is 13.9 Å². The van der Waals surface area contributed by atoms with Crippen LogP contribution in [0, 0.1) is 0 Å². The van der Waals surface area contributed by atoms with Gasteiger partial charge >= 0.3 is 12.1 Å². The Morgan fingerprint density at radius 1 is 1.12 bits per heavy atom. The summed E-state index contributed by atoms with van der Waals surface area (Å²) in [4.78, 5) is 23.7. The molecule has 32 heavy (non-hydrogen) atoms. The number of nitrogens with one attached hydrogen (secondary N) is 1. The highest BCUT2D eigenvalue weighted by Gasteiger charge is 2.24. The van der Waals surface area contributed by atoms with E-state index in [-0.39, 0.29) is 19.8 Å². The smallest absolute Gasteiger partial charge is 0.408 e. The second kappa shape index (κ2) is 9.67. The van der Waals surface area contributed by atoms with Crippen molar-refractivity contribution in [1.82, 2.24) is 5.32 Å². The predicted octanol–water partition coefficient (Wildman–Crippen LogP) is 3.52. The van der Waals surface area contributed by atoms with Crippen molar-refractivity contribution in [3.8, 4) is 23.0 Å². The minimum atomic E-state index is -1.16. The van der Waals surface area contributed by atoms with Crippen molar-refractivity contribution >= 4 is 12.1 Å². The molecule has 0 saturated carbocycles. The van der Waals surface area contributed by atoms with Crippen molar-refractivity contribution in [2.24, 2.45) is 0 Å². The summed E-state index contributed by atoms with van der Waals surface area (Å²) in [7, 11) is 1.54. The molecule has 9 nitrogen and oxygen atoms in total. The largest absolute Gasteiger partial charge is 0.496 e. The van der Waals surface area contributed by atoms with Crippen LogP contribution in [0.4, 0.5) is 4.79 Å². The maximum Gasteiger partial charge on any atom is 0.408 e. The van der Waals surface area contributed by atoms with Gasteiger partial charge in [0.1, 0.15) is 29.7 Å². The molecule has 172 valence electrons. The van der Waals surface area contributed by atoms with Crippen molar-refractivity contribution in [3.05, 3.63) is 47.5 Å². The fraction of sp³-hybridized carbons (Fsp3) is 0.391. The van der Waals surface area contributed by atoms with Crippen LogP contribution in [-0.2, 0) is 22.6 Å². The summed E-state index contributed by atoms with van der Waals surface area (Å²) in [6.07, 6.45) is -0.722. The standard InChI is InChI=1S/C23H27NO8/c1-23(2,3)32-22(27)24-17(21(25)26)10-14-5-7-18(28-4)15(9-14)12-29-16-6-8-19-20(11-16)31-13-30-19/h5-9,11,17H,10,12-13H2,1-4H3,(H,24,27)(H,25,26).